The summed E-state index contributed by atoms with van der Waals surface area (Å²) in [6.07, 6.45) is -0.764. The molecule has 134 valence electrons. The number of aliphatic hydroxyl groups is 1. The summed E-state index contributed by atoms with van der Waals surface area (Å²) in [6.45, 7) is 5.57. The zero-order valence-electron chi connectivity index (χ0n) is 14.7. The highest BCUT2D eigenvalue weighted by atomic mass is 19.1. The van der Waals surface area contributed by atoms with Gasteiger partial charge in [0.25, 0.3) is 0 Å². The third-order valence-corrected chi connectivity index (χ3v) is 3.87. The first-order valence-corrected chi connectivity index (χ1v) is 8.35. The van der Waals surface area contributed by atoms with Crippen LogP contribution >= 0.6 is 0 Å². The minimum Gasteiger partial charge on any atom is -0.491 e. The van der Waals surface area contributed by atoms with Gasteiger partial charge in [-0.3, -0.25) is 4.79 Å². The quantitative estimate of drug-likeness (QED) is 0.807. The van der Waals surface area contributed by atoms with Gasteiger partial charge >= 0.3 is 0 Å². The first kappa shape index (κ1) is 18.9. The molecule has 0 saturated carbocycles. The van der Waals surface area contributed by atoms with E-state index in [-0.39, 0.29) is 18.6 Å². The average molecular weight is 345 g/mol. The van der Waals surface area contributed by atoms with E-state index in [1.54, 1.807) is 49.4 Å². The fourth-order valence-corrected chi connectivity index (χ4v) is 2.48. The SMILES string of the molecule is CC(C)Oc1ccc(C(O)CNC(=O)C(C)c2ccccc2F)cc1. The molecule has 0 fully saturated rings. The summed E-state index contributed by atoms with van der Waals surface area (Å²) in [7, 11) is 0. The van der Waals surface area contributed by atoms with Crippen LogP contribution in [0.25, 0.3) is 0 Å². The Kier molecular flexibility index (Phi) is 6.53. The molecule has 0 saturated heterocycles. The van der Waals surface area contributed by atoms with Gasteiger partial charge in [-0.05, 0) is 50.1 Å². The molecule has 0 aromatic heterocycles. The van der Waals surface area contributed by atoms with Crippen LogP contribution in [0.1, 0.15) is 43.9 Å². The van der Waals surface area contributed by atoms with Crippen molar-refractivity contribution in [2.75, 3.05) is 6.54 Å². The smallest absolute Gasteiger partial charge is 0.227 e. The minimum atomic E-state index is -0.843. The summed E-state index contributed by atoms with van der Waals surface area (Å²) >= 11 is 0. The lowest BCUT2D eigenvalue weighted by Gasteiger charge is -2.17. The zero-order chi connectivity index (χ0) is 18.4. The molecule has 2 aromatic rings. The second kappa shape index (κ2) is 8.62. The van der Waals surface area contributed by atoms with E-state index in [1.807, 2.05) is 13.8 Å². The molecule has 0 aliphatic carbocycles. The van der Waals surface area contributed by atoms with E-state index in [0.29, 0.717) is 11.1 Å². The molecule has 0 aliphatic rings. The van der Waals surface area contributed by atoms with Crippen molar-refractivity contribution in [2.45, 2.75) is 38.9 Å². The molecule has 2 atom stereocenters. The van der Waals surface area contributed by atoms with Gasteiger partial charge in [0.05, 0.1) is 18.1 Å². The first-order chi connectivity index (χ1) is 11.9. The summed E-state index contributed by atoms with van der Waals surface area (Å²) in [5.41, 5.74) is 1.01. The number of halogens is 1. The maximum Gasteiger partial charge on any atom is 0.227 e. The Labute approximate surface area is 147 Å². The highest BCUT2D eigenvalue weighted by molar-refractivity contribution is 5.83. The molecule has 0 aliphatic heterocycles. The lowest BCUT2D eigenvalue weighted by Crippen LogP contribution is -2.32. The Morgan fingerprint density at radius 1 is 1.12 bits per heavy atom. The van der Waals surface area contributed by atoms with Gasteiger partial charge in [-0.25, -0.2) is 4.39 Å². The predicted molar refractivity (Wildman–Crippen MR) is 95.0 cm³/mol. The molecule has 4 nitrogen and oxygen atoms in total. The third kappa shape index (κ3) is 5.29. The van der Waals surface area contributed by atoms with E-state index in [1.165, 1.54) is 6.07 Å². The molecule has 0 bridgehead atoms. The van der Waals surface area contributed by atoms with E-state index in [4.69, 9.17) is 4.74 Å². The molecule has 1 amide bonds. The highest BCUT2D eigenvalue weighted by Gasteiger charge is 2.19. The van der Waals surface area contributed by atoms with Gasteiger partial charge in [0.15, 0.2) is 0 Å². The van der Waals surface area contributed by atoms with Crippen molar-refractivity contribution in [3.8, 4) is 5.75 Å². The largest absolute Gasteiger partial charge is 0.491 e. The summed E-state index contributed by atoms with van der Waals surface area (Å²) < 4.78 is 19.3. The average Bonchev–Trinajstić information content (AvgIpc) is 2.59. The fraction of sp³-hybridized carbons (Fsp3) is 0.350. The van der Waals surface area contributed by atoms with Gasteiger partial charge in [0.1, 0.15) is 11.6 Å². The molecular weight excluding hydrogens is 321 g/mol. The van der Waals surface area contributed by atoms with Crippen LogP contribution < -0.4 is 10.1 Å². The van der Waals surface area contributed by atoms with Gasteiger partial charge in [-0.2, -0.15) is 0 Å². The van der Waals surface area contributed by atoms with Crippen LogP contribution in [0, 0.1) is 5.82 Å². The number of hydrogen-bond acceptors (Lipinski definition) is 3. The third-order valence-electron chi connectivity index (χ3n) is 3.87. The van der Waals surface area contributed by atoms with Crippen molar-refractivity contribution in [3.05, 3.63) is 65.5 Å². The summed E-state index contributed by atoms with van der Waals surface area (Å²) in [4.78, 5) is 12.2. The molecule has 0 spiro atoms. The molecule has 2 N–H and O–H groups in total. The monoisotopic (exact) mass is 345 g/mol. The second-order valence-corrected chi connectivity index (χ2v) is 6.24. The van der Waals surface area contributed by atoms with Gasteiger partial charge in [0.2, 0.25) is 5.91 Å². The fourth-order valence-electron chi connectivity index (χ4n) is 2.48. The number of amides is 1. The van der Waals surface area contributed by atoms with Crippen LogP contribution in [-0.4, -0.2) is 23.7 Å². The van der Waals surface area contributed by atoms with Crippen LogP contribution in [0.3, 0.4) is 0 Å². The summed E-state index contributed by atoms with van der Waals surface area (Å²) in [6, 6.07) is 13.3. The Morgan fingerprint density at radius 3 is 2.36 bits per heavy atom. The molecule has 2 unspecified atom stereocenters. The number of carbonyl (C=O) groups is 1. The number of benzene rings is 2. The Hall–Kier alpha value is -2.40. The molecule has 25 heavy (non-hydrogen) atoms. The van der Waals surface area contributed by atoms with Crippen molar-refractivity contribution in [1.82, 2.24) is 5.32 Å². The van der Waals surface area contributed by atoms with E-state index >= 15 is 0 Å². The van der Waals surface area contributed by atoms with E-state index in [0.717, 1.165) is 5.75 Å². The van der Waals surface area contributed by atoms with Gasteiger partial charge in [0, 0.05) is 6.54 Å². The molecule has 0 radical (unpaired) electrons. The van der Waals surface area contributed by atoms with Crippen molar-refractivity contribution in [3.63, 3.8) is 0 Å². The Balaban J connectivity index is 1.91. The lowest BCUT2D eigenvalue weighted by molar-refractivity contribution is -0.122. The van der Waals surface area contributed by atoms with E-state index < -0.39 is 17.8 Å². The maximum atomic E-state index is 13.8. The zero-order valence-corrected chi connectivity index (χ0v) is 14.7. The molecule has 2 rings (SSSR count). The molecule has 2 aromatic carbocycles. The number of ether oxygens (including phenoxy) is 1. The predicted octanol–water partition coefficient (Wildman–Crippen LogP) is 3.57. The topological polar surface area (TPSA) is 58.6 Å². The van der Waals surface area contributed by atoms with Crippen LogP contribution in [-0.2, 0) is 4.79 Å². The van der Waals surface area contributed by atoms with Gasteiger partial charge in [-0.1, -0.05) is 30.3 Å². The Morgan fingerprint density at radius 2 is 1.76 bits per heavy atom. The van der Waals surface area contributed by atoms with E-state index in [2.05, 4.69) is 5.32 Å². The normalized spacial score (nSPS) is 13.4. The lowest BCUT2D eigenvalue weighted by atomic mass is 9.99. The Bertz CT molecular complexity index is 700. The van der Waals surface area contributed by atoms with Gasteiger partial charge in [-0.15, -0.1) is 0 Å². The van der Waals surface area contributed by atoms with E-state index in [9.17, 15) is 14.3 Å². The summed E-state index contributed by atoms with van der Waals surface area (Å²) in [5.74, 6) is -0.645. The number of carbonyl (C=O) groups excluding carboxylic acids is 1. The molecular formula is C20H24FNO3. The highest BCUT2D eigenvalue weighted by Crippen LogP contribution is 2.20. The van der Waals surface area contributed by atoms with Crippen LogP contribution in [0.2, 0.25) is 0 Å². The van der Waals surface area contributed by atoms with Crippen LogP contribution in [0.4, 0.5) is 4.39 Å². The molecule has 5 heteroatoms. The second-order valence-electron chi connectivity index (χ2n) is 6.24. The van der Waals surface area contributed by atoms with Crippen molar-refractivity contribution in [1.29, 1.82) is 0 Å². The number of hydrogen-bond donors (Lipinski definition) is 2. The van der Waals surface area contributed by atoms with Crippen LogP contribution in [0.15, 0.2) is 48.5 Å². The van der Waals surface area contributed by atoms with Crippen molar-refractivity contribution < 1.29 is 19.0 Å². The minimum absolute atomic E-state index is 0.0575. The van der Waals surface area contributed by atoms with Crippen LogP contribution in [0.5, 0.6) is 5.75 Å². The first-order valence-electron chi connectivity index (χ1n) is 8.35. The van der Waals surface area contributed by atoms with Crippen molar-refractivity contribution in [2.24, 2.45) is 0 Å². The number of nitrogens with one attached hydrogen (secondary N) is 1. The standard InChI is InChI=1S/C20H24FNO3/c1-13(2)25-16-10-8-15(9-11-16)19(23)12-22-20(24)14(3)17-6-4-5-7-18(17)21/h4-11,13-14,19,23H,12H2,1-3H3,(H,22,24). The molecule has 0 heterocycles. The summed E-state index contributed by atoms with van der Waals surface area (Å²) in [5, 5.41) is 12.9. The number of rotatable bonds is 7. The number of aliphatic hydroxyl groups excluding tert-OH is 1. The van der Waals surface area contributed by atoms with Crippen molar-refractivity contribution >= 4 is 5.91 Å². The maximum absolute atomic E-state index is 13.8. The van der Waals surface area contributed by atoms with Gasteiger partial charge < -0.3 is 15.2 Å².